The van der Waals surface area contributed by atoms with Crippen molar-refractivity contribution in [2.75, 3.05) is 5.32 Å². The van der Waals surface area contributed by atoms with Gasteiger partial charge < -0.3 is 5.32 Å². The van der Waals surface area contributed by atoms with Crippen molar-refractivity contribution in [1.29, 1.82) is 0 Å². The van der Waals surface area contributed by atoms with Gasteiger partial charge in [-0.3, -0.25) is 4.79 Å². The van der Waals surface area contributed by atoms with Crippen LogP contribution in [0.1, 0.15) is 15.9 Å². The zero-order valence-electron chi connectivity index (χ0n) is 12.8. The second-order valence-corrected chi connectivity index (χ2v) is 6.56. The van der Waals surface area contributed by atoms with Gasteiger partial charge in [0, 0.05) is 23.2 Å². The molecule has 1 amide bonds. The van der Waals surface area contributed by atoms with Crippen molar-refractivity contribution >= 4 is 35.0 Å². The average Bonchev–Trinajstić information content (AvgIpc) is 2.62. The molecule has 0 radical (unpaired) electrons. The summed E-state index contributed by atoms with van der Waals surface area (Å²) in [7, 11) is 0. The Bertz CT molecular complexity index is 822. The summed E-state index contributed by atoms with van der Waals surface area (Å²) in [5.74, 6) is 0.624. The molecule has 3 aromatic rings. The maximum Gasteiger partial charge on any atom is 0.255 e. The summed E-state index contributed by atoms with van der Waals surface area (Å²) < 4.78 is 0. The van der Waals surface area contributed by atoms with E-state index in [0.717, 1.165) is 22.0 Å². The van der Waals surface area contributed by atoms with E-state index in [1.54, 1.807) is 18.0 Å². The number of nitrogens with one attached hydrogen (secondary N) is 1. The lowest BCUT2D eigenvalue weighted by molar-refractivity contribution is 0.102. The molecular weight excluding hydrogens is 340 g/mol. The molecule has 0 spiro atoms. The van der Waals surface area contributed by atoms with E-state index in [0.29, 0.717) is 10.6 Å². The summed E-state index contributed by atoms with van der Waals surface area (Å²) in [4.78, 5) is 16.6. The monoisotopic (exact) mass is 354 g/mol. The molecule has 3 rings (SSSR count). The lowest BCUT2D eigenvalue weighted by Gasteiger charge is -2.07. The van der Waals surface area contributed by atoms with Crippen LogP contribution in [0.5, 0.6) is 0 Å². The van der Waals surface area contributed by atoms with Crippen molar-refractivity contribution in [3.8, 4) is 0 Å². The van der Waals surface area contributed by atoms with E-state index in [-0.39, 0.29) is 5.91 Å². The Morgan fingerprint density at radius 2 is 1.88 bits per heavy atom. The summed E-state index contributed by atoms with van der Waals surface area (Å²) in [5.41, 5.74) is 2.49. The molecule has 120 valence electrons. The second-order valence-electron chi connectivity index (χ2n) is 5.12. The van der Waals surface area contributed by atoms with E-state index >= 15 is 0 Å². The predicted molar refractivity (Wildman–Crippen MR) is 99.6 cm³/mol. The van der Waals surface area contributed by atoms with Gasteiger partial charge in [0.15, 0.2) is 0 Å². The van der Waals surface area contributed by atoms with Crippen molar-refractivity contribution in [3.05, 3.63) is 89.1 Å². The number of amides is 1. The van der Waals surface area contributed by atoms with Crippen LogP contribution in [0.15, 0.2) is 78.0 Å². The third-order valence-electron chi connectivity index (χ3n) is 3.31. The molecule has 0 aliphatic carbocycles. The van der Waals surface area contributed by atoms with Crippen molar-refractivity contribution in [2.45, 2.75) is 10.8 Å². The van der Waals surface area contributed by atoms with Gasteiger partial charge in [0.1, 0.15) is 0 Å². The first-order valence-corrected chi connectivity index (χ1v) is 8.77. The number of halogens is 1. The van der Waals surface area contributed by atoms with Crippen LogP contribution in [0.3, 0.4) is 0 Å². The lowest BCUT2D eigenvalue weighted by atomic mass is 10.1. The van der Waals surface area contributed by atoms with E-state index in [1.165, 1.54) is 0 Å². The van der Waals surface area contributed by atoms with Gasteiger partial charge in [-0.1, -0.05) is 41.9 Å². The first-order valence-electron chi connectivity index (χ1n) is 7.40. The van der Waals surface area contributed by atoms with E-state index in [4.69, 9.17) is 11.6 Å². The maximum absolute atomic E-state index is 12.3. The smallest absolute Gasteiger partial charge is 0.255 e. The highest BCUT2D eigenvalue weighted by atomic mass is 35.5. The molecule has 0 aliphatic heterocycles. The van der Waals surface area contributed by atoms with Crippen LogP contribution in [0, 0.1) is 0 Å². The van der Waals surface area contributed by atoms with Crippen LogP contribution in [0.25, 0.3) is 0 Å². The van der Waals surface area contributed by atoms with Crippen LogP contribution in [-0.2, 0) is 5.75 Å². The summed E-state index contributed by atoms with van der Waals surface area (Å²) >= 11 is 7.44. The number of pyridine rings is 1. The fourth-order valence-corrected chi connectivity index (χ4v) is 3.03. The largest absolute Gasteiger partial charge is 0.322 e. The lowest BCUT2D eigenvalue weighted by Crippen LogP contribution is -2.11. The minimum absolute atomic E-state index is 0.113. The Labute approximate surface area is 150 Å². The molecule has 1 heterocycles. The molecule has 0 saturated carbocycles. The molecule has 0 saturated heterocycles. The Morgan fingerprint density at radius 3 is 2.62 bits per heavy atom. The van der Waals surface area contributed by atoms with Crippen molar-refractivity contribution in [3.63, 3.8) is 0 Å². The van der Waals surface area contributed by atoms with Gasteiger partial charge in [-0.05, 0) is 42.0 Å². The SMILES string of the molecule is O=C(Nc1ccccc1)c1cccc(CSc2ccc(Cl)cn2)c1. The summed E-state index contributed by atoms with van der Waals surface area (Å²) in [6.07, 6.45) is 1.63. The molecule has 1 N–H and O–H groups in total. The standard InChI is InChI=1S/C19H15ClN2OS/c20-16-9-10-18(21-12-16)24-13-14-5-4-6-15(11-14)19(23)22-17-7-2-1-3-8-17/h1-12H,13H2,(H,22,23). The van der Waals surface area contributed by atoms with Gasteiger partial charge in [0.2, 0.25) is 0 Å². The Hall–Kier alpha value is -2.30. The van der Waals surface area contributed by atoms with E-state index < -0.39 is 0 Å². The number of para-hydroxylation sites is 1. The van der Waals surface area contributed by atoms with E-state index in [9.17, 15) is 4.79 Å². The number of aromatic nitrogens is 1. The predicted octanol–water partition coefficient (Wildman–Crippen LogP) is 5.28. The van der Waals surface area contributed by atoms with Crippen LogP contribution in [0.2, 0.25) is 5.02 Å². The summed E-state index contributed by atoms with van der Waals surface area (Å²) in [5, 5.41) is 4.42. The number of anilines is 1. The summed E-state index contributed by atoms with van der Waals surface area (Å²) in [6.45, 7) is 0. The number of nitrogens with zero attached hydrogens (tertiary/aromatic N) is 1. The molecule has 0 fully saturated rings. The number of rotatable bonds is 5. The third kappa shape index (κ3) is 4.60. The molecule has 0 bridgehead atoms. The Morgan fingerprint density at radius 1 is 1.04 bits per heavy atom. The molecule has 1 aromatic heterocycles. The van der Waals surface area contributed by atoms with Gasteiger partial charge in [-0.25, -0.2) is 4.98 Å². The quantitative estimate of drug-likeness (QED) is 0.634. The van der Waals surface area contributed by atoms with Crippen LogP contribution in [0.4, 0.5) is 5.69 Å². The number of carbonyl (C=O) groups excluding carboxylic acids is 1. The van der Waals surface area contributed by atoms with Gasteiger partial charge in [0.25, 0.3) is 5.91 Å². The number of hydrogen-bond acceptors (Lipinski definition) is 3. The second kappa shape index (κ2) is 7.99. The highest BCUT2D eigenvalue weighted by molar-refractivity contribution is 7.98. The summed E-state index contributed by atoms with van der Waals surface area (Å²) in [6, 6.07) is 20.7. The molecule has 5 heteroatoms. The number of benzene rings is 2. The molecule has 24 heavy (non-hydrogen) atoms. The van der Waals surface area contributed by atoms with E-state index in [1.807, 2.05) is 66.7 Å². The van der Waals surface area contributed by atoms with E-state index in [2.05, 4.69) is 10.3 Å². The average molecular weight is 355 g/mol. The van der Waals surface area contributed by atoms with Crippen molar-refractivity contribution < 1.29 is 4.79 Å². The van der Waals surface area contributed by atoms with Crippen molar-refractivity contribution in [1.82, 2.24) is 4.98 Å². The third-order valence-corrected chi connectivity index (χ3v) is 4.55. The van der Waals surface area contributed by atoms with Crippen LogP contribution >= 0.6 is 23.4 Å². The van der Waals surface area contributed by atoms with Gasteiger partial charge >= 0.3 is 0 Å². The minimum atomic E-state index is -0.113. The first kappa shape index (κ1) is 16.6. The zero-order valence-corrected chi connectivity index (χ0v) is 14.3. The molecule has 0 unspecified atom stereocenters. The van der Waals surface area contributed by atoms with Crippen LogP contribution < -0.4 is 5.32 Å². The van der Waals surface area contributed by atoms with Gasteiger partial charge in [-0.2, -0.15) is 0 Å². The maximum atomic E-state index is 12.3. The van der Waals surface area contributed by atoms with Crippen LogP contribution in [-0.4, -0.2) is 10.9 Å². The Balaban J connectivity index is 1.65. The normalized spacial score (nSPS) is 10.4. The van der Waals surface area contributed by atoms with Gasteiger partial charge in [-0.15, -0.1) is 11.8 Å². The highest BCUT2D eigenvalue weighted by Crippen LogP contribution is 2.22. The molecule has 3 nitrogen and oxygen atoms in total. The van der Waals surface area contributed by atoms with Gasteiger partial charge in [0.05, 0.1) is 10.0 Å². The first-order chi connectivity index (χ1) is 11.7. The topological polar surface area (TPSA) is 42.0 Å². The minimum Gasteiger partial charge on any atom is -0.322 e. The fraction of sp³-hybridized carbons (Fsp3) is 0.0526. The zero-order chi connectivity index (χ0) is 16.8. The van der Waals surface area contributed by atoms with Crippen molar-refractivity contribution in [2.24, 2.45) is 0 Å². The molecule has 2 aromatic carbocycles. The number of thioether (sulfide) groups is 1. The number of carbonyl (C=O) groups is 1. The highest BCUT2D eigenvalue weighted by Gasteiger charge is 2.07. The molecule has 0 atom stereocenters. The molecule has 0 aliphatic rings. The number of hydrogen-bond donors (Lipinski definition) is 1. The fourth-order valence-electron chi connectivity index (χ4n) is 2.13. The molecular formula is C19H15ClN2OS. The Kier molecular flexibility index (Phi) is 5.51.